The summed E-state index contributed by atoms with van der Waals surface area (Å²) in [6.45, 7) is 4.15. The first-order valence-electron chi connectivity index (χ1n) is 6.84. The molecule has 1 atom stereocenters. The van der Waals surface area contributed by atoms with Crippen LogP contribution in [0.1, 0.15) is 22.7 Å². The molecule has 2 rings (SSSR count). The molecule has 1 N–H and O–H groups in total. The van der Waals surface area contributed by atoms with E-state index in [1.165, 1.54) is 6.07 Å². The standard InChI is InChI=1S/C17H19F2NO/c1-11-7-8-12(2)16(9-11)21-10-15(20-3)13-5-4-6-14(18)17(13)19/h4-9,15,20H,10H2,1-3H3. The average Bonchev–Trinajstić information content (AvgIpc) is 2.47. The number of ether oxygens (including phenoxy) is 1. The normalized spacial score (nSPS) is 12.2. The first-order valence-corrected chi connectivity index (χ1v) is 6.84. The van der Waals surface area contributed by atoms with Crippen molar-refractivity contribution >= 4 is 0 Å². The smallest absolute Gasteiger partial charge is 0.163 e. The molecule has 1 unspecified atom stereocenters. The molecule has 0 spiro atoms. The molecule has 2 nitrogen and oxygen atoms in total. The van der Waals surface area contributed by atoms with Crippen molar-refractivity contribution in [3.8, 4) is 5.75 Å². The Hall–Kier alpha value is -1.94. The van der Waals surface area contributed by atoms with Crippen LogP contribution in [0.2, 0.25) is 0 Å². The van der Waals surface area contributed by atoms with Crippen LogP contribution in [0.25, 0.3) is 0 Å². The monoisotopic (exact) mass is 291 g/mol. The molecule has 0 aromatic heterocycles. The van der Waals surface area contributed by atoms with Crippen LogP contribution in [0, 0.1) is 25.5 Å². The van der Waals surface area contributed by atoms with Gasteiger partial charge in [0.25, 0.3) is 0 Å². The highest BCUT2D eigenvalue weighted by atomic mass is 19.2. The van der Waals surface area contributed by atoms with Crippen LogP contribution < -0.4 is 10.1 Å². The average molecular weight is 291 g/mol. The molecule has 4 heteroatoms. The van der Waals surface area contributed by atoms with E-state index in [0.717, 1.165) is 22.9 Å². The van der Waals surface area contributed by atoms with Crippen LogP contribution in [0.3, 0.4) is 0 Å². The summed E-state index contributed by atoms with van der Waals surface area (Å²) in [6.07, 6.45) is 0. The lowest BCUT2D eigenvalue weighted by molar-refractivity contribution is 0.267. The Balaban J connectivity index is 2.16. The summed E-state index contributed by atoms with van der Waals surface area (Å²) in [5, 5.41) is 2.96. The number of benzene rings is 2. The third kappa shape index (κ3) is 3.58. The lowest BCUT2D eigenvalue weighted by Gasteiger charge is -2.19. The third-order valence-electron chi connectivity index (χ3n) is 3.45. The van der Waals surface area contributed by atoms with Crippen molar-refractivity contribution in [3.05, 3.63) is 64.7 Å². The summed E-state index contributed by atoms with van der Waals surface area (Å²) in [7, 11) is 1.70. The van der Waals surface area contributed by atoms with E-state index in [4.69, 9.17) is 4.74 Å². The second kappa shape index (κ2) is 6.68. The van der Waals surface area contributed by atoms with Gasteiger partial charge in [-0.3, -0.25) is 0 Å². The molecule has 0 amide bonds. The van der Waals surface area contributed by atoms with Crippen molar-refractivity contribution in [2.24, 2.45) is 0 Å². The van der Waals surface area contributed by atoms with E-state index in [1.54, 1.807) is 13.1 Å². The Labute approximate surface area is 123 Å². The van der Waals surface area contributed by atoms with Crippen molar-refractivity contribution in [1.82, 2.24) is 5.32 Å². The maximum absolute atomic E-state index is 13.8. The van der Waals surface area contributed by atoms with Gasteiger partial charge in [-0.2, -0.15) is 0 Å². The second-order valence-corrected chi connectivity index (χ2v) is 5.06. The van der Waals surface area contributed by atoms with Gasteiger partial charge in [-0.1, -0.05) is 24.3 Å². The van der Waals surface area contributed by atoms with E-state index < -0.39 is 17.7 Å². The predicted molar refractivity (Wildman–Crippen MR) is 79.6 cm³/mol. The van der Waals surface area contributed by atoms with Gasteiger partial charge in [0.2, 0.25) is 0 Å². The number of likely N-dealkylation sites (N-methyl/N-ethyl adjacent to an activating group) is 1. The Morgan fingerprint density at radius 1 is 1.14 bits per heavy atom. The summed E-state index contributed by atoms with van der Waals surface area (Å²) in [5.74, 6) is -0.923. The molecule has 0 fully saturated rings. The molecule has 2 aromatic carbocycles. The van der Waals surface area contributed by atoms with Gasteiger partial charge in [0, 0.05) is 5.56 Å². The summed E-state index contributed by atoms with van der Waals surface area (Å²) in [4.78, 5) is 0. The van der Waals surface area contributed by atoms with Gasteiger partial charge >= 0.3 is 0 Å². The van der Waals surface area contributed by atoms with Crippen LogP contribution >= 0.6 is 0 Å². The fourth-order valence-electron chi connectivity index (χ4n) is 2.15. The highest BCUT2D eigenvalue weighted by Crippen LogP contribution is 2.23. The van der Waals surface area contributed by atoms with Crippen LogP contribution in [0.15, 0.2) is 36.4 Å². The summed E-state index contributed by atoms with van der Waals surface area (Å²) < 4.78 is 32.9. The zero-order valence-corrected chi connectivity index (χ0v) is 12.4. The van der Waals surface area contributed by atoms with E-state index in [2.05, 4.69) is 5.32 Å². The molecule has 0 saturated heterocycles. The maximum atomic E-state index is 13.8. The first kappa shape index (κ1) is 15.4. The number of hydrogen-bond donors (Lipinski definition) is 1. The van der Waals surface area contributed by atoms with Gasteiger partial charge in [-0.05, 0) is 44.2 Å². The van der Waals surface area contributed by atoms with E-state index in [9.17, 15) is 8.78 Å². The van der Waals surface area contributed by atoms with Crippen LogP contribution in [-0.4, -0.2) is 13.7 Å². The molecule has 0 aliphatic carbocycles. The Morgan fingerprint density at radius 3 is 2.62 bits per heavy atom. The van der Waals surface area contributed by atoms with Gasteiger partial charge in [0.1, 0.15) is 12.4 Å². The number of halogens is 2. The third-order valence-corrected chi connectivity index (χ3v) is 3.45. The van der Waals surface area contributed by atoms with Crippen LogP contribution in [0.5, 0.6) is 5.75 Å². The SMILES string of the molecule is CNC(COc1cc(C)ccc1C)c1cccc(F)c1F. The minimum absolute atomic E-state index is 0.223. The van der Waals surface area contributed by atoms with Crippen molar-refractivity contribution in [2.75, 3.05) is 13.7 Å². The molecule has 2 aromatic rings. The van der Waals surface area contributed by atoms with Crippen molar-refractivity contribution in [2.45, 2.75) is 19.9 Å². The Morgan fingerprint density at radius 2 is 1.90 bits per heavy atom. The largest absolute Gasteiger partial charge is 0.491 e. The summed E-state index contributed by atoms with van der Waals surface area (Å²) in [5.41, 5.74) is 2.37. The van der Waals surface area contributed by atoms with Crippen molar-refractivity contribution in [3.63, 3.8) is 0 Å². The number of nitrogens with one attached hydrogen (secondary N) is 1. The lowest BCUT2D eigenvalue weighted by Crippen LogP contribution is -2.24. The Kier molecular flexibility index (Phi) is 4.91. The molecule has 0 aliphatic heterocycles. The molecule has 21 heavy (non-hydrogen) atoms. The van der Waals surface area contributed by atoms with E-state index >= 15 is 0 Å². The van der Waals surface area contributed by atoms with Crippen molar-refractivity contribution in [1.29, 1.82) is 0 Å². The number of rotatable bonds is 5. The molecular weight excluding hydrogens is 272 g/mol. The molecule has 0 bridgehead atoms. The molecular formula is C17H19F2NO. The minimum Gasteiger partial charge on any atom is -0.491 e. The number of aryl methyl sites for hydroxylation is 2. The molecule has 112 valence electrons. The molecule has 0 aliphatic rings. The van der Waals surface area contributed by atoms with E-state index in [0.29, 0.717) is 0 Å². The highest BCUT2D eigenvalue weighted by molar-refractivity contribution is 5.36. The van der Waals surface area contributed by atoms with Crippen LogP contribution in [-0.2, 0) is 0 Å². The van der Waals surface area contributed by atoms with E-state index in [-0.39, 0.29) is 12.2 Å². The quantitative estimate of drug-likeness (QED) is 0.901. The highest BCUT2D eigenvalue weighted by Gasteiger charge is 2.17. The van der Waals surface area contributed by atoms with E-state index in [1.807, 2.05) is 32.0 Å². The summed E-state index contributed by atoms with van der Waals surface area (Å²) in [6, 6.07) is 9.66. The molecule has 0 radical (unpaired) electrons. The fraction of sp³-hybridized carbons (Fsp3) is 0.294. The predicted octanol–water partition coefficient (Wildman–Crippen LogP) is 3.92. The zero-order chi connectivity index (χ0) is 15.4. The first-order chi connectivity index (χ1) is 10.0. The topological polar surface area (TPSA) is 21.3 Å². The fourth-order valence-corrected chi connectivity index (χ4v) is 2.15. The Bertz CT molecular complexity index is 628. The summed E-state index contributed by atoms with van der Waals surface area (Å²) >= 11 is 0. The van der Waals surface area contributed by atoms with Gasteiger partial charge in [0.05, 0.1) is 6.04 Å². The van der Waals surface area contributed by atoms with Gasteiger partial charge < -0.3 is 10.1 Å². The molecule has 0 saturated carbocycles. The second-order valence-electron chi connectivity index (χ2n) is 5.06. The van der Waals surface area contributed by atoms with Gasteiger partial charge in [0.15, 0.2) is 11.6 Å². The minimum atomic E-state index is -0.848. The molecule has 0 heterocycles. The van der Waals surface area contributed by atoms with Crippen LogP contribution in [0.4, 0.5) is 8.78 Å². The number of hydrogen-bond acceptors (Lipinski definition) is 2. The zero-order valence-electron chi connectivity index (χ0n) is 12.4. The van der Waals surface area contributed by atoms with Gasteiger partial charge in [-0.15, -0.1) is 0 Å². The maximum Gasteiger partial charge on any atom is 0.163 e. The lowest BCUT2D eigenvalue weighted by atomic mass is 10.1. The van der Waals surface area contributed by atoms with Crippen molar-refractivity contribution < 1.29 is 13.5 Å². The van der Waals surface area contributed by atoms with Gasteiger partial charge in [-0.25, -0.2) is 8.78 Å².